The van der Waals surface area contributed by atoms with Crippen LogP contribution < -0.4 is 10.6 Å². The van der Waals surface area contributed by atoms with Gasteiger partial charge < -0.3 is 15.4 Å². The standard InChI is InChI=1S/C9H16N2O3/c1-3-11-8(12)4-6-10-7-5-9(13)14-2/h5,7,10H,3-4,6H2,1-2H3,(H,11,12)/b7-5+. The highest BCUT2D eigenvalue weighted by molar-refractivity contribution is 5.81. The minimum absolute atomic E-state index is 0.00790. The van der Waals surface area contributed by atoms with Crippen molar-refractivity contribution in [3.05, 3.63) is 12.3 Å². The van der Waals surface area contributed by atoms with Gasteiger partial charge >= 0.3 is 5.97 Å². The van der Waals surface area contributed by atoms with Crippen LogP contribution in [0.15, 0.2) is 12.3 Å². The molecule has 0 aliphatic heterocycles. The zero-order chi connectivity index (χ0) is 10.8. The van der Waals surface area contributed by atoms with E-state index in [0.717, 1.165) is 0 Å². The van der Waals surface area contributed by atoms with Gasteiger partial charge in [-0.2, -0.15) is 0 Å². The molecule has 0 unspecified atom stereocenters. The molecule has 0 spiro atoms. The zero-order valence-corrected chi connectivity index (χ0v) is 8.50. The van der Waals surface area contributed by atoms with Crippen molar-refractivity contribution in [2.75, 3.05) is 20.2 Å². The molecule has 0 heterocycles. The van der Waals surface area contributed by atoms with E-state index in [4.69, 9.17) is 0 Å². The highest BCUT2D eigenvalue weighted by Gasteiger charge is 1.96. The molecule has 0 aliphatic carbocycles. The number of nitrogens with one attached hydrogen (secondary N) is 2. The number of carbonyl (C=O) groups excluding carboxylic acids is 2. The molecule has 80 valence electrons. The van der Waals surface area contributed by atoms with Gasteiger partial charge in [-0.1, -0.05) is 0 Å². The van der Waals surface area contributed by atoms with Crippen LogP contribution in [-0.4, -0.2) is 32.1 Å². The van der Waals surface area contributed by atoms with Crippen LogP contribution in [0.25, 0.3) is 0 Å². The number of hydrogen-bond acceptors (Lipinski definition) is 4. The molecule has 0 saturated carbocycles. The lowest BCUT2D eigenvalue weighted by molar-refractivity contribution is -0.134. The van der Waals surface area contributed by atoms with Crippen LogP contribution in [0.1, 0.15) is 13.3 Å². The molecule has 0 aromatic rings. The van der Waals surface area contributed by atoms with Gasteiger partial charge in [0.1, 0.15) is 0 Å². The summed E-state index contributed by atoms with van der Waals surface area (Å²) in [4.78, 5) is 21.5. The second kappa shape index (κ2) is 8.10. The van der Waals surface area contributed by atoms with Gasteiger partial charge in [-0.3, -0.25) is 4.79 Å². The maximum Gasteiger partial charge on any atom is 0.331 e. The van der Waals surface area contributed by atoms with E-state index in [2.05, 4.69) is 15.4 Å². The van der Waals surface area contributed by atoms with Crippen LogP contribution >= 0.6 is 0 Å². The SMILES string of the molecule is CCNC(=O)CCN/C=C/C(=O)OC. The summed E-state index contributed by atoms with van der Waals surface area (Å²) in [7, 11) is 1.31. The third-order valence-electron chi connectivity index (χ3n) is 1.41. The highest BCUT2D eigenvalue weighted by atomic mass is 16.5. The zero-order valence-electron chi connectivity index (χ0n) is 8.50. The van der Waals surface area contributed by atoms with E-state index in [1.54, 1.807) is 0 Å². The molecule has 0 saturated heterocycles. The number of carbonyl (C=O) groups is 2. The van der Waals surface area contributed by atoms with Crippen LogP contribution in [0.2, 0.25) is 0 Å². The first kappa shape index (κ1) is 12.5. The molecular formula is C9H16N2O3. The largest absolute Gasteiger partial charge is 0.466 e. The monoisotopic (exact) mass is 200 g/mol. The molecule has 0 fully saturated rings. The first-order valence-electron chi connectivity index (χ1n) is 4.45. The van der Waals surface area contributed by atoms with Crippen LogP contribution in [0.4, 0.5) is 0 Å². The lowest BCUT2D eigenvalue weighted by Crippen LogP contribution is -2.25. The van der Waals surface area contributed by atoms with Crippen LogP contribution in [-0.2, 0) is 14.3 Å². The number of methoxy groups -OCH3 is 1. The van der Waals surface area contributed by atoms with Crippen LogP contribution in [0, 0.1) is 0 Å². The summed E-state index contributed by atoms with van der Waals surface area (Å²) in [5, 5.41) is 5.46. The number of hydrogen-bond donors (Lipinski definition) is 2. The van der Waals surface area contributed by atoms with E-state index in [0.29, 0.717) is 19.5 Å². The minimum atomic E-state index is -0.421. The number of esters is 1. The van der Waals surface area contributed by atoms with Crippen molar-refractivity contribution in [3.63, 3.8) is 0 Å². The smallest absolute Gasteiger partial charge is 0.331 e. The first-order valence-corrected chi connectivity index (χ1v) is 4.45. The van der Waals surface area contributed by atoms with Crippen molar-refractivity contribution >= 4 is 11.9 Å². The van der Waals surface area contributed by atoms with Gasteiger partial charge in [-0.05, 0) is 6.92 Å². The molecule has 5 nitrogen and oxygen atoms in total. The van der Waals surface area contributed by atoms with Gasteiger partial charge in [-0.25, -0.2) is 4.79 Å². The number of ether oxygens (including phenoxy) is 1. The van der Waals surface area contributed by atoms with E-state index < -0.39 is 5.97 Å². The van der Waals surface area contributed by atoms with Crippen molar-refractivity contribution in [2.45, 2.75) is 13.3 Å². The van der Waals surface area contributed by atoms with Crippen molar-refractivity contribution in [1.82, 2.24) is 10.6 Å². The Morgan fingerprint density at radius 2 is 2.14 bits per heavy atom. The predicted molar refractivity (Wildman–Crippen MR) is 52.5 cm³/mol. The molecule has 0 atom stereocenters. The summed E-state index contributed by atoms with van der Waals surface area (Å²) in [6.07, 6.45) is 3.11. The van der Waals surface area contributed by atoms with E-state index in [1.165, 1.54) is 19.4 Å². The van der Waals surface area contributed by atoms with E-state index in [-0.39, 0.29) is 5.91 Å². The first-order chi connectivity index (χ1) is 6.70. The van der Waals surface area contributed by atoms with Crippen LogP contribution in [0.5, 0.6) is 0 Å². The summed E-state index contributed by atoms with van der Waals surface area (Å²) in [5.41, 5.74) is 0. The van der Waals surface area contributed by atoms with Gasteiger partial charge in [0.05, 0.1) is 7.11 Å². The Hall–Kier alpha value is -1.52. The average Bonchev–Trinajstić information content (AvgIpc) is 2.17. The molecule has 5 heteroatoms. The van der Waals surface area contributed by atoms with Crippen LogP contribution in [0.3, 0.4) is 0 Å². The number of rotatable bonds is 6. The molecule has 2 N–H and O–H groups in total. The maximum absolute atomic E-state index is 10.9. The van der Waals surface area contributed by atoms with Gasteiger partial charge in [0.2, 0.25) is 5.91 Å². The van der Waals surface area contributed by atoms with Crippen molar-refractivity contribution in [1.29, 1.82) is 0 Å². The fraction of sp³-hybridized carbons (Fsp3) is 0.556. The second-order valence-corrected chi connectivity index (χ2v) is 2.51. The Balaban J connectivity index is 3.41. The Kier molecular flexibility index (Phi) is 7.22. The predicted octanol–water partition coefficient (Wildman–Crippen LogP) is -0.211. The second-order valence-electron chi connectivity index (χ2n) is 2.51. The summed E-state index contributed by atoms with van der Waals surface area (Å²) in [6.45, 7) is 3.00. The van der Waals surface area contributed by atoms with Crippen molar-refractivity contribution in [3.8, 4) is 0 Å². The summed E-state index contributed by atoms with van der Waals surface area (Å²) < 4.78 is 4.37. The molecule has 0 aliphatic rings. The van der Waals surface area contributed by atoms with Gasteiger partial charge in [0, 0.05) is 31.8 Å². The Bertz CT molecular complexity index is 214. The quantitative estimate of drug-likeness (QED) is 0.353. The average molecular weight is 200 g/mol. The molecule has 0 bridgehead atoms. The van der Waals surface area contributed by atoms with Crippen molar-refractivity contribution in [2.24, 2.45) is 0 Å². The Morgan fingerprint density at radius 1 is 1.43 bits per heavy atom. The number of amides is 1. The Morgan fingerprint density at radius 3 is 2.71 bits per heavy atom. The van der Waals surface area contributed by atoms with Crippen molar-refractivity contribution < 1.29 is 14.3 Å². The minimum Gasteiger partial charge on any atom is -0.466 e. The molecular weight excluding hydrogens is 184 g/mol. The maximum atomic E-state index is 10.9. The lowest BCUT2D eigenvalue weighted by Gasteiger charge is -2.01. The molecule has 0 aromatic heterocycles. The van der Waals surface area contributed by atoms with Gasteiger partial charge in [0.15, 0.2) is 0 Å². The molecule has 0 radical (unpaired) electrons. The molecule has 14 heavy (non-hydrogen) atoms. The Labute approximate surface area is 83.5 Å². The summed E-state index contributed by atoms with van der Waals surface area (Å²) >= 11 is 0. The third-order valence-corrected chi connectivity index (χ3v) is 1.41. The molecule has 0 aromatic carbocycles. The summed E-state index contributed by atoms with van der Waals surface area (Å²) in [5.74, 6) is -0.429. The van der Waals surface area contributed by atoms with E-state index in [9.17, 15) is 9.59 Å². The van der Waals surface area contributed by atoms with E-state index in [1.807, 2.05) is 6.92 Å². The molecule has 1 amide bonds. The topological polar surface area (TPSA) is 67.4 Å². The fourth-order valence-electron chi connectivity index (χ4n) is 0.750. The van der Waals surface area contributed by atoms with Gasteiger partial charge in [-0.15, -0.1) is 0 Å². The lowest BCUT2D eigenvalue weighted by atomic mass is 10.4. The fourth-order valence-corrected chi connectivity index (χ4v) is 0.750. The highest BCUT2D eigenvalue weighted by Crippen LogP contribution is 1.78. The third kappa shape index (κ3) is 7.15. The van der Waals surface area contributed by atoms with Gasteiger partial charge in [0.25, 0.3) is 0 Å². The normalized spacial score (nSPS) is 9.86. The molecule has 0 rings (SSSR count). The van der Waals surface area contributed by atoms with E-state index >= 15 is 0 Å². The summed E-state index contributed by atoms with van der Waals surface area (Å²) in [6, 6.07) is 0.